The lowest BCUT2D eigenvalue weighted by Gasteiger charge is -2.08. The van der Waals surface area contributed by atoms with Crippen molar-refractivity contribution in [3.8, 4) is 0 Å². The van der Waals surface area contributed by atoms with Gasteiger partial charge in [-0.15, -0.1) is 0 Å². The molecule has 3 heteroatoms. The number of aliphatic carboxylic acids is 1. The highest BCUT2D eigenvalue weighted by molar-refractivity contribution is 8.00. The zero-order valence-electron chi connectivity index (χ0n) is 8.12. The third kappa shape index (κ3) is 1.37. The third-order valence-corrected chi connectivity index (χ3v) is 5.02. The van der Waals surface area contributed by atoms with Gasteiger partial charge in [-0.3, -0.25) is 4.79 Å². The van der Waals surface area contributed by atoms with Crippen LogP contribution >= 0.6 is 11.8 Å². The normalized spacial score (nSPS) is 41.8. The average molecular weight is 200 g/mol. The van der Waals surface area contributed by atoms with Gasteiger partial charge in [0.15, 0.2) is 0 Å². The van der Waals surface area contributed by atoms with Crippen molar-refractivity contribution in [3.63, 3.8) is 0 Å². The van der Waals surface area contributed by atoms with Gasteiger partial charge in [-0.2, -0.15) is 11.8 Å². The molecule has 1 saturated carbocycles. The lowest BCUT2D eigenvalue weighted by molar-refractivity contribution is -0.139. The first-order chi connectivity index (χ1) is 6.05. The van der Waals surface area contributed by atoms with Crippen molar-refractivity contribution in [3.05, 3.63) is 0 Å². The van der Waals surface area contributed by atoms with E-state index in [2.05, 4.69) is 13.8 Å². The molecule has 1 aliphatic heterocycles. The van der Waals surface area contributed by atoms with Crippen molar-refractivity contribution in [1.29, 1.82) is 0 Å². The first-order valence-corrected chi connectivity index (χ1v) is 5.94. The first-order valence-electron chi connectivity index (χ1n) is 4.89. The minimum Gasteiger partial charge on any atom is -0.481 e. The highest BCUT2D eigenvalue weighted by Gasteiger charge is 2.64. The molecular formula is C10H16O2S. The van der Waals surface area contributed by atoms with Gasteiger partial charge in [-0.05, 0) is 29.9 Å². The summed E-state index contributed by atoms with van der Waals surface area (Å²) < 4.78 is 0. The van der Waals surface area contributed by atoms with Gasteiger partial charge in [0.1, 0.15) is 0 Å². The van der Waals surface area contributed by atoms with Crippen molar-refractivity contribution < 1.29 is 9.90 Å². The summed E-state index contributed by atoms with van der Waals surface area (Å²) in [5.74, 6) is 0.979. The molecule has 1 unspecified atom stereocenters. The van der Waals surface area contributed by atoms with E-state index in [1.54, 1.807) is 0 Å². The molecule has 1 heterocycles. The van der Waals surface area contributed by atoms with Crippen LogP contribution in [0.4, 0.5) is 0 Å². The Bertz CT molecular complexity index is 231. The predicted molar refractivity (Wildman–Crippen MR) is 53.9 cm³/mol. The summed E-state index contributed by atoms with van der Waals surface area (Å²) in [6.45, 7) is 4.19. The van der Waals surface area contributed by atoms with Crippen LogP contribution in [0.1, 0.15) is 26.7 Å². The van der Waals surface area contributed by atoms with Crippen molar-refractivity contribution in [1.82, 2.24) is 0 Å². The molecule has 0 amide bonds. The molecule has 1 aliphatic carbocycles. The Kier molecular flexibility index (Phi) is 2.10. The summed E-state index contributed by atoms with van der Waals surface area (Å²) in [5.41, 5.74) is 0.0494. The average Bonchev–Trinajstić information content (AvgIpc) is 2.50. The Morgan fingerprint density at radius 1 is 1.54 bits per heavy atom. The molecule has 0 bridgehead atoms. The van der Waals surface area contributed by atoms with E-state index in [1.165, 1.54) is 18.6 Å². The molecule has 0 aromatic rings. The quantitative estimate of drug-likeness (QED) is 0.742. The number of carboxylic acids is 1. The molecule has 74 valence electrons. The molecule has 0 spiro atoms. The van der Waals surface area contributed by atoms with Crippen molar-refractivity contribution in [2.24, 2.45) is 17.3 Å². The fourth-order valence-electron chi connectivity index (χ4n) is 2.73. The van der Waals surface area contributed by atoms with Crippen LogP contribution in [0.25, 0.3) is 0 Å². The predicted octanol–water partition coefficient (Wildman–Crippen LogP) is 2.24. The van der Waals surface area contributed by atoms with E-state index in [-0.39, 0.29) is 11.3 Å². The van der Waals surface area contributed by atoms with Gasteiger partial charge in [0.25, 0.3) is 0 Å². The maximum absolute atomic E-state index is 10.9. The highest BCUT2D eigenvalue weighted by atomic mass is 32.2. The highest BCUT2D eigenvalue weighted by Crippen LogP contribution is 2.63. The second-order valence-corrected chi connectivity index (χ2v) is 6.06. The summed E-state index contributed by atoms with van der Waals surface area (Å²) >= 11 is 1.97. The van der Waals surface area contributed by atoms with Gasteiger partial charge in [0.2, 0.25) is 0 Å². The third-order valence-electron chi connectivity index (χ3n) is 3.54. The topological polar surface area (TPSA) is 37.3 Å². The molecule has 2 rings (SSSR count). The molecule has 0 aromatic carbocycles. The fraction of sp³-hybridized carbons (Fsp3) is 0.900. The Balaban J connectivity index is 2.05. The fourth-order valence-corrected chi connectivity index (χ4v) is 4.41. The van der Waals surface area contributed by atoms with E-state index in [0.29, 0.717) is 11.2 Å². The van der Waals surface area contributed by atoms with Gasteiger partial charge < -0.3 is 5.11 Å². The Labute approximate surface area is 83.1 Å². The monoisotopic (exact) mass is 200 g/mol. The van der Waals surface area contributed by atoms with Gasteiger partial charge in [0, 0.05) is 5.25 Å². The zero-order valence-corrected chi connectivity index (χ0v) is 8.93. The van der Waals surface area contributed by atoms with Crippen LogP contribution in [0, 0.1) is 17.3 Å². The van der Waals surface area contributed by atoms with Crippen LogP contribution in [0.15, 0.2) is 0 Å². The minimum atomic E-state index is -0.595. The van der Waals surface area contributed by atoms with E-state index in [4.69, 9.17) is 5.11 Å². The molecule has 2 nitrogen and oxygen atoms in total. The molecule has 2 fully saturated rings. The second kappa shape index (κ2) is 2.91. The van der Waals surface area contributed by atoms with Crippen molar-refractivity contribution in [2.75, 3.05) is 5.75 Å². The summed E-state index contributed by atoms with van der Waals surface area (Å²) in [6, 6.07) is 0. The SMILES string of the molecule is CC1(C)[C@H](C(=O)O)[C@H]1C1CCCS1. The number of thioether (sulfide) groups is 1. The minimum absolute atomic E-state index is 0.0494. The molecule has 13 heavy (non-hydrogen) atoms. The largest absolute Gasteiger partial charge is 0.481 e. The van der Waals surface area contributed by atoms with Crippen molar-refractivity contribution >= 4 is 17.7 Å². The van der Waals surface area contributed by atoms with Crippen LogP contribution in [-0.2, 0) is 4.79 Å². The van der Waals surface area contributed by atoms with Gasteiger partial charge in [0.05, 0.1) is 5.92 Å². The summed E-state index contributed by atoms with van der Waals surface area (Å²) in [6.07, 6.45) is 2.50. The second-order valence-electron chi connectivity index (χ2n) is 4.71. The Morgan fingerprint density at radius 3 is 2.62 bits per heavy atom. The number of hydrogen-bond acceptors (Lipinski definition) is 2. The zero-order chi connectivity index (χ0) is 9.64. The lowest BCUT2D eigenvalue weighted by Crippen LogP contribution is -2.07. The van der Waals surface area contributed by atoms with E-state index in [0.717, 1.165) is 0 Å². The van der Waals surface area contributed by atoms with Crippen LogP contribution in [0.2, 0.25) is 0 Å². The number of hydrogen-bond donors (Lipinski definition) is 1. The smallest absolute Gasteiger partial charge is 0.307 e. The lowest BCUT2D eigenvalue weighted by atomic mass is 10.1. The van der Waals surface area contributed by atoms with Crippen LogP contribution < -0.4 is 0 Å². The molecule has 0 aromatic heterocycles. The number of rotatable bonds is 2. The van der Waals surface area contributed by atoms with Gasteiger partial charge in [-0.1, -0.05) is 13.8 Å². The summed E-state index contributed by atoms with van der Waals surface area (Å²) in [4.78, 5) is 10.9. The Hall–Kier alpha value is -0.180. The maximum Gasteiger partial charge on any atom is 0.307 e. The summed E-state index contributed by atoms with van der Waals surface area (Å²) in [7, 11) is 0. The Morgan fingerprint density at radius 2 is 2.23 bits per heavy atom. The first kappa shape index (κ1) is 9.38. The summed E-state index contributed by atoms with van der Waals surface area (Å²) in [5, 5.41) is 9.63. The van der Waals surface area contributed by atoms with Gasteiger partial charge >= 0.3 is 5.97 Å². The number of carboxylic acid groups (broad SMARTS) is 1. The van der Waals surface area contributed by atoms with E-state index < -0.39 is 5.97 Å². The molecule has 2 aliphatic rings. The molecular weight excluding hydrogens is 184 g/mol. The molecule has 1 N–H and O–H groups in total. The van der Waals surface area contributed by atoms with Crippen LogP contribution in [0.5, 0.6) is 0 Å². The van der Waals surface area contributed by atoms with E-state index >= 15 is 0 Å². The molecule has 3 atom stereocenters. The van der Waals surface area contributed by atoms with Crippen LogP contribution in [0.3, 0.4) is 0 Å². The molecule has 1 saturated heterocycles. The standard InChI is InChI=1S/C10H16O2S/c1-10(2)7(8(10)9(11)12)6-4-3-5-13-6/h6-8H,3-5H2,1-2H3,(H,11,12)/t6?,7-,8+/m1/s1. The number of carbonyl (C=O) groups is 1. The van der Waals surface area contributed by atoms with E-state index in [1.807, 2.05) is 11.8 Å². The van der Waals surface area contributed by atoms with E-state index in [9.17, 15) is 4.79 Å². The maximum atomic E-state index is 10.9. The molecule has 0 radical (unpaired) electrons. The van der Waals surface area contributed by atoms with Crippen LogP contribution in [-0.4, -0.2) is 22.1 Å². The van der Waals surface area contributed by atoms with Gasteiger partial charge in [-0.25, -0.2) is 0 Å². The van der Waals surface area contributed by atoms with Crippen molar-refractivity contribution in [2.45, 2.75) is 31.9 Å².